The van der Waals surface area contributed by atoms with Crippen molar-refractivity contribution in [2.24, 2.45) is 11.8 Å². The number of allylic oxidation sites excluding steroid dienone is 2. The number of hydrogen-bond donors (Lipinski definition) is 0. The van der Waals surface area contributed by atoms with Crippen LogP contribution >= 0.6 is 0 Å². The molecule has 1 aliphatic rings. The smallest absolute Gasteiger partial charge is 0.0962 e. The maximum Gasteiger partial charge on any atom is 0.0962 e. The molecule has 1 heteroatoms. The van der Waals surface area contributed by atoms with Gasteiger partial charge in [-0.25, -0.2) is 4.39 Å². The van der Waals surface area contributed by atoms with Gasteiger partial charge in [0.1, 0.15) is 0 Å². The summed E-state index contributed by atoms with van der Waals surface area (Å²) >= 11 is 0. The van der Waals surface area contributed by atoms with Crippen LogP contribution in [0.1, 0.15) is 26.7 Å². The molecule has 0 N–H and O–H groups in total. The average Bonchev–Trinajstić information content (AvgIpc) is 1.80. The van der Waals surface area contributed by atoms with Crippen molar-refractivity contribution in [2.45, 2.75) is 26.7 Å². The molecule has 0 nitrogen and oxygen atoms in total. The van der Waals surface area contributed by atoms with Crippen molar-refractivity contribution in [3.05, 3.63) is 11.9 Å². The van der Waals surface area contributed by atoms with Crippen LogP contribution in [0.15, 0.2) is 11.9 Å². The Balaban J connectivity index is 2.58. The van der Waals surface area contributed by atoms with Crippen molar-refractivity contribution < 1.29 is 4.39 Å². The van der Waals surface area contributed by atoms with Gasteiger partial charge in [0.05, 0.1) is 5.83 Å². The third-order valence-electron chi connectivity index (χ3n) is 2.18. The van der Waals surface area contributed by atoms with Crippen LogP contribution in [0.5, 0.6) is 0 Å². The first-order valence-electron chi connectivity index (χ1n) is 3.56. The summed E-state index contributed by atoms with van der Waals surface area (Å²) in [5.41, 5.74) is 0. The molecular weight excluding hydrogens is 115 g/mol. The van der Waals surface area contributed by atoms with E-state index < -0.39 is 0 Å². The summed E-state index contributed by atoms with van der Waals surface area (Å²) in [6.07, 6.45) is 3.42. The van der Waals surface area contributed by atoms with Gasteiger partial charge in [-0.05, 0) is 30.8 Å². The van der Waals surface area contributed by atoms with Gasteiger partial charge >= 0.3 is 0 Å². The van der Waals surface area contributed by atoms with E-state index in [-0.39, 0.29) is 5.83 Å². The fourth-order valence-corrected chi connectivity index (χ4v) is 1.16. The summed E-state index contributed by atoms with van der Waals surface area (Å²) in [6.45, 7) is 4.25. The van der Waals surface area contributed by atoms with E-state index in [1.54, 1.807) is 6.08 Å². The molecule has 1 unspecified atom stereocenters. The normalized spacial score (nSPS) is 36.1. The quantitative estimate of drug-likeness (QED) is 0.470. The summed E-state index contributed by atoms with van der Waals surface area (Å²) in [4.78, 5) is 0. The molecular formula is C8H13F. The molecule has 9 heavy (non-hydrogen) atoms. The Morgan fingerprint density at radius 2 is 2.22 bits per heavy atom. The van der Waals surface area contributed by atoms with E-state index in [0.717, 1.165) is 6.42 Å². The highest BCUT2D eigenvalue weighted by molar-refractivity contribution is 5.00. The van der Waals surface area contributed by atoms with Crippen molar-refractivity contribution in [1.82, 2.24) is 0 Å². The number of hydrogen-bond acceptors (Lipinski definition) is 0. The van der Waals surface area contributed by atoms with E-state index in [1.807, 2.05) is 0 Å². The van der Waals surface area contributed by atoms with Crippen molar-refractivity contribution in [1.29, 1.82) is 0 Å². The predicted molar refractivity (Wildman–Crippen MR) is 36.8 cm³/mol. The van der Waals surface area contributed by atoms with E-state index in [1.165, 1.54) is 0 Å². The fourth-order valence-electron chi connectivity index (χ4n) is 1.16. The van der Waals surface area contributed by atoms with Gasteiger partial charge in [0, 0.05) is 0 Å². The Morgan fingerprint density at radius 3 is 2.67 bits per heavy atom. The molecule has 0 aromatic rings. The maximum absolute atomic E-state index is 12.5. The molecule has 0 bridgehead atoms. The third-order valence-corrected chi connectivity index (χ3v) is 2.18. The first-order valence-corrected chi connectivity index (χ1v) is 3.56. The van der Waals surface area contributed by atoms with Crippen LogP contribution in [-0.2, 0) is 0 Å². The van der Waals surface area contributed by atoms with Crippen LogP contribution in [0.25, 0.3) is 0 Å². The third kappa shape index (κ3) is 1.54. The van der Waals surface area contributed by atoms with E-state index in [9.17, 15) is 4.39 Å². The second kappa shape index (κ2) is 2.51. The summed E-state index contributed by atoms with van der Waals surface area (Å²) in [5, 5.41) is 0. The highest BCUT2D eigenvalue weighted by Gasteiger charge is 2.16. The van der Waals surface area contributed by atoms with Crippen LogP contribution < -0.4 is 0 Å². The van der Waals surface area contributed by atoms with Crippen LogP contribution in [0.3, 0.4) is 0 Å². The molecule has 0 spiro atoms. The molecule has 0 aliphatic heterocycles. The van der Waals surface area contributed by atoms with Gasteiger partial charge in [-0.3, -0.25) is 0 Å². The minimum atomic E-state index is 0.0839. The van der Waals surface area contributed by atoms with Gasteiger partial charge in [-0.1, -0.05) is 13.8 Å². The lowest BCUT2D eigenvalue weighted by Crippen LogP contribution is -2.09. The summed E-state index contributed by atoms with van der Waals surface area (Å²) in [5.74, 6) is 1.20. The largest absolute Gasteiger partial charge is 0.212 e. The summed E-state index contributed by atoms with van der Waals surface area (Å²) in [7, 11) is 0. The Bertz CT molecular complexity index is 127. The van der Waals surface area contributed by atoms with Gasteiger partial charge in [0.25, 0.3) is 0 Å². The van der Waals surface area contributed by atoms with Crippen LogP contribution in [0.2, 0.25) is 0 Å². The Hall–Kier alpha value is -0.330. The number of rotatable bonds is 0. The lowest BCUT2D eigenvalue weighted by atomic mass is 9.86. The SMILES string of the molecule is CC1CCC(F)=C[C@H]1C. The Labute approximate surface area is 55.8 Å². The molecule has 2 atom stereocenters. The van der Waals surface area contributed by atoms with E-state index >= 15 is 0 Å². The standard InChI is InChI=1S/C8H13F/c1-6-3-4-8(9)5-7(6)2/h5-7H,3-4H2,1-2H3/t6?,7-/m1/s1. The van der Waals surface area contributed by atoms with Crippen molar-refractivity contribution >= 4 is 0 Å². The van der Waals surface area contributed by atoms with E-state index in [2.05, 4.69) is 13.8 Å². The van der Waals surface area contributed by atoms with Crippen LogP contribution in [-0.4, -0.2) is 0 Å². The van der Waals surface area contributed by atoms with Crippen molar-refractivity contribution in [3.63, 3.8) is 0 Å². The van der Waals surface area contributed by atoms with E-state index in [0.29, 0.717) is 18.3 Å². The van der Waals surface area contributed by atoms with Gasteiger partial charge < -0.3 is 0 Å². The molecule has 0 heterocycles. The second-order valence-electron chi connectivity index (χ2n) is 2.99. The molecule has 0 fully saturated rings. The Morgan fingerprint density at radius 1 is 1.56 bits per heavy atom. The zero-order chi connectivity index (χ0) is 6.85. The van der Waals surface area contributed by atoms with Gasteiger partial charge in [-0.2, -0.15) is 0 Å². The van der Waals surface area contributed by atoms with Crippen LogP contribution in [0.4, 0.5) is 4.39 Å². The second-order valence-corrected chi connectivity index (χ2v) is 2.99. The minimum absolute atomic E-state index is 0.0839. The predicted octanol–water partition coefficient (Wildman–Crippen LogP) is 2.91. The highest BCUT2D eigenvalue weighted by atomic mass is 19.1. The van der Waals surface area contributed by atoms with Gasteiger partial charge in [0.15, 0.2) is 0 Å². The van der Waals surface area contributed by atoms with Gasteiger partial charge in [-0.15, -0.1) is 0 Å². The average molecular weight is 128 g/mol. The maximum atomic E-state index is 12.5. The zero-order valence-corrected chi connectivity index (χ0v) is 6.02. The molecule has 0 aromatic heterocycles. The summed E-state index contributed by atoms with van der Waals surface area (Å²) in [6, 6.07) is 0. The first-order chi connectivity index (χ1) is 4.20. The monoisotopic (exact) mass is 128 g/mol. The lowest BCUT2D eigenvalue weighted by molar-refractivity contribution is 0.370. The van der Waals surface area contributed by atoms with Crippen LogP contribution in [0, 0.1) is 11.8 Å². The molecule has 1 rings (SSSR count). The molecule has 0 aromatic carbocycles. The zero-order valence-electron chi connectivity index (χ0n) is 6.02. The first kappa shape index (κ1) is 6.79. The molecule has 52 valence electrons. The topological polar surface area (TPSA) is 0 Å². The number of halogens is 1. The molecule has 0 saturated heterocycles. The van der Waals surface area contributed by atoms with Crippen molar-refractivity contribution in [2.75, 3.05) is 0 Å². The highest BCUT2D eigenvalue weighted by Crippen LogP contribution is 2.28. The van der Waals surface area contributed by atoms with Crippen molar-refractivity contribution in [3.8, 4) is 0 Å². The minimum Gasteiger partial charge on any atom is -0.212 e. The molecule has 0 saturated carbocycles. The Kier molecular flexibility index (Phi) is 1.89. The van der Waals surface area contributed by atoms with E-state index in [4.69, 9.17) is 0 Å². The molecule has 0 radical (unpaired) electrons. The summed E-state index contributed by atoms with van der Waals surface area (Å²) < 4.78 is 12.5. The van der Waals surface area contributed by atoms with Gasteiger partial charge in [0.2, 0.25) is 0 Å². The molecule has 0 amide bonds. The fraction of sp³-hybridized carbons (Fsp3) is 0.750. The molecule has 1 aliphatic carbocycles. The lowest BCUT2D eigenvalue weighted by Gasteiger charge is -2.20.